The summed E-state index contributed by atoms with van der Waals surface area (Å²) in [4.78, 5) is 11.0. The molecule has 0 heterocycles. The Balaban J connectivity index is 2.84. The SMILES string of the molecule is CCCNc1ccccc1C(=O)Cl. The Morgan fingerprint density at radius 2 is 2.15 bits per heavy atom. The molecule has 1 aromatic carbocycles. The number of carbonyl (C=O) groups excluding carboxylic acids is 1. The Morgan fingerprint density at radius 1 is 1.46 bits per heavy atom. The summed E-state index contributed by atoms with van der Waals surface area (Å²) in [5, 5.41) is 2.72. The van der Waals surface area contributed by atoms with Gasteiger partial charge in [-0.2, -0.15) is 0 Å². The van der Waals surface area contributed by atoms with Crippen LogP contribution in [0, 0.1) is 0 Å². The maximum Gasteiger partial charge on any atom is 0.254 e. The van der Waals surface area contributed by atoms with Gasteiger partial charge in [-0.3, -0.25) is 4.79 Å². The van der Waals surface area contributed by atoms with Gasteiger partial charge in [0.25, 0.3) is 5.24 Å². The largest absolute Gasteiger partial charge is 0.384 e. The Hall–Kier alpha value is -1.02. The van der Waals surface area contributed by atoms with Gasteiger partial charge in [-0.1, -0.05) is 19.1 Å². The number of rotatable bonds is 4. The number of benzene rings is 1. The molecule has 0 aromatic heterocycles. The van der Waals surface area contributed by atoms with Crippen LogP contribution in [0.2, 0.25) is 0 Å². The lowest BCUT2D eigenvalue weighted by atomic mass is 10.2. The Kier molecular flexibility index (Phi) is 3.77. The molecule has 0 radical (unpaired) electrons. The molecule has 13 heavy (non-hydrogen) atoms. The molecule has 0 unspecified atom stereocenters. The fourth-order valence-electron chi connectivity index (χ4n) is 1.07. The maximum atomic E-state index is 11.0. The third-order valence-corrected chi connectivity index (χ3v) is 1.91. The van der Waals surface area contributed by atoms with Crippen molar-refractivity contribution >= 4 is 22.5 Å². The summed E-state index contributed by atoms with van der Waals surface area (Å²) in [6.45, 7) is 2.92. The molecule has 0 atom stereocenters. The van der Waals surface area contributed by atoms with Crippen LogP contribution < -0.4 is 5.32 Å². The van der Waals surface area contributed by atoms with E-state index in [2.05, 4.69) is 12.2 Å². The molecule has 0 bridgehead atoms. The zero-order valence-corrected chi connectivity index (χ0v) is 8.27. The van der Waals surface area contributed by atoms with Gasteiger partial charge in [0.1, 0.15) is 0 Å². The number of nitrogens with one attached hydrogen (secondary N) is 1. The Labute approximate surface area is 82.9 Å². The summed E-state index contributed by atoms with van der Waals surface area (Å²) in [5.74, 6) is 0. The molecule has 0 saturated heterocycles. The van der Waals surface area contributed by atoms with Gasteiger partial charge in [0.2, 0.25) is 0 Å². The number of hydrogen-bond donors (Lipinski definition) is 1. The number of anilines is 1. The van der Waals surface area contributed by atoms with E-state index in [0.717, 1.165) is 18.7 Å². The zero-order valence-electron chi connectivity index (χ0n) is 7.51. The highest BCUT2D eigenvalue weighted by Crippen LogP contribution is 2.16. The number of para-hydroxylation sites is 1. The second-order valence-electron chi connectivity index (χ2n) is 2.75. The van der Waals surface area contributed by atoms with E-state index in [9.17, 15) is 4.79 Å². The van der Waals surface area contributed by atoms with Crippen molar-refractivity contribution in [2.75, 3.05) is 11.9 Å². The normalized spacial score (nSPS) is 9.69. The fourth-order valence-corrected chi connectivity index (χ4v) is 1.23. The van der Waals surface area contributed by atoms with E-state index in [1.54, 1.807) is 12.1 Å². The molecule has 1 rings (SSSR count). The fraction of sp³-hybridized carbons (Fsp3) is 0.300. The van der Waals surface area contributed by atoms with E-state index in [1.165, 1.54) is 0 Å². The van der Waals surface area contributed by atoms with Crippen molar-refractivity contribution in [3.05, 3.63) is 29.8 Å². The molecular weight excluding hydrogens is 186 g/mol. The molecular formula is C10H12ClNO. The van der Waals surface area contributed by atoms with Crippen LogP contribution in [0.5, 0.6) is 0 Å². The van der Waals surface area contributed by atoms with Crippen LogP contribution in [0.15, 0.2) is 24.3 Å². The third-order valence-electron chi connectivity index (χ3n) is 1.70. The van der Waals surface area contributed by atoms with Crippen LogP contribution in [-0.4, -0.2) is 11.8 Å². The van der Waals surface area contributed by atoms with Crippen LogP contribution >= 0.6 is 11.6 Å². The van der Waals surface area contributed by atoms with Gasteiger partial charge in [0.05, 0.1) is 5.56 Å². The van der Waals surface area contributed by atoms with Gasteiger partial charge in [0.15, 0.2) is 0 Å². The van der Waals surface area contributed by atoms with Crippen LogP contribution in [-0.2, 0) is 0 Å². The standard InChI is InChI=1S/C10H12ClNO/c1-2-7-12-9-6-4-3-5-8(9)10(11)13/h3-6,12H,2,7H2,1H3. The molecule has 70 valence electrons. The van der Waals surface area contributed by atoms with Crippen LogP contribution in [0.1, 0.15) is 23.7 Å². The van der Waals surface area contributed by atoms with E-state index < -0.39 is 5.24 Å². The molecule has 0 aliphatic rings. The summed E-state index contributed by atoms with van der Waals surface area (Å²) in [7, 11) is 0. The van der Waals surface area contributed by atoms with Gasteiger partial charge in [-0.05, 0) is 30.2 Å². The molecule has 2 nitrogen and oxygen atoms in total. The molecule has 0 fully saturated rings. The first-order valence-electron chi connectivity index (χ1n) is 4.28. The summed E-state index contributed by atoms with van der Waals surface area (Å²) >= 11 is 5.41. The summed E-state index contributed by atoms with van der Waals surface area (Å²) in [5.41, 5.74) is 1.35. The summed E-state index contributed by atoms with van der Waals surface area (Å²) < 4.78 is 0. The van der Waals surface area contributed by atoms with Crippen molar-refractivity contribution in [1.82, 2.24) is 0 Å². The predicted octanol–water partition coefficient (Wildman–Crippen LogP) is 2.89. The van der Waals surface area contributed by atoms with E-state index >= 15 is 0 Å². The molecule has 0 amide bonds. The molecule has 0 aliphatic carbocycles. The topological polar surface area (TPSA) is 29.1 Å². The van der Waals surface area contributed by atoms with Gasteiger partial charge in [0, 0.05) is 12.2 Å². The number of halogens is 1. The number of hydrogen-bond acceptors (Lipinski definition) is 2. The molecule has 1 N–H and O–H groups in total. The maximum absolute atomic E-state index is 11.0. The molecule has 1 aromatic rings. The second kappa shape index (κ2) is 4.87. The molecule has 0 saturated carbocycles. The average molecular weight is 198 g/mol. The van der Waals surface area contributed by atoms with Crippen LogP contribution in [0.3, 0.4) is 0 Å². The quantitative estimate of drug-likeness (QED) is 0.753. The number of carbonyl (C=O) groups is 1. The molecule has 0 spiro atoms. The lowest BCUT2D eigenvalue weighted by Gasteiger charge is -2.07. The van der Waals surface area contributed by atoms with E-state index in [0.29, 0.717) is 5.56 Å². The minimum Gasteiger partial charge on any atom is -0.384 e. The van der Waals surface area contributed by atoms with E-state index in [1.807, 2.05) is 12.1 Å². The van der Waals surface area contributed by atoms with Crippen molar-refractivity contribution in [2.24, 2.45) is 0 Å². The average Bonchev–Trinajstić information content (AvgIpc) is 2.15. The predicted molar refractivity (Wildman–Crippen MR) is 55.4 cm³/mol. The van der Waals surface area contributed by atoms with Gasteiger partial charge in [-0.15, -0.1) is 0 Å². The lowest BCUT2D eigenvalue weighted by Crippen LogP contribution is -2.04. The van der Waals surface area contributed by atoms with Crippen molar-refractivity contribution in [3.8, 4) is 0 Å². The van der Waals surface area contributed by atoms with Crippen LogP contribution in [0.4, 0.5) is 5.69 Å². The minimum absolute atomic E-state index is 0.417. The zero-order chi connectivity index (χ0) is 9.68. The van der Waals surface area contributed by atoms with Crippen molar-refractivity contribution in [2.45, 2.75) is 13.3 Å². The first kappa shape index (κ1) is 10.1. The highest BCUT2D eigenvalue weighted by molar-refractivity contribution is 6.68. The Morgan fingerprint density at radius 3 is 2.77 bits per heavy atom. The van der Waals surface area contributed by atoms with E-state index in [4.69, 9.17) is 11.6 Å². The van der Waals surface area contributed by atoms with Gasteiger partial charge < -0.3 is 5.32 Å². The van der Waals surface area contributed by atoms with Crippen LogP contribution in [0.25, 0.3) is 0 Å². The lowest BCUT2D eigenvalue weighted by molar-refractivity contribution is 0.108. The first-order valence-corrected chi connectivity index (χ1v) is 4.66. The molecule has 0 aliphatic heterocycles. The summed E-state index contributed by atoms with van der Waals surface area (Å²) in [6, 6.07) is 7.24. The van der Waals surface area contributed by atoms with Crippen molar-refractivity contribution < 1.29 is 4.79 Å². The monoisotopic (exact) mass is 197 g/mol. The minimum atomic E-state index is -0.417. The second-order valence-corrected chi connectivity index (χ2v) is 3.09. The van der Waals surface area contributed by atoms with Crippen molar-refractivity contribution in [3.63, 3.8) is 0 Å². The third kappa shape index (κ3) is 2.74. The van der Waals surface area contributed by atoms with Crippen molar-refractivity contribution in [1.29, 1.82) is 0 Å². The van der Waals surface area contributed by atoms with Gasteiger partial charge in [-0.25, -0.2) is 0 Å². The first-order chi connectivity index (χ1) is 6.25. The van der Waals surface area contributed by atoms with E-state index in [-0.39, 0.29) is 0 Å². The highest BCUT2D eigenvalue weighted by atomic mass is 35.5. The Bertz CT molecular complexity index is 299. The summed E-state index contributed by atoms with van der Waals surface area (Å²) in [6.07, 6.45) is 1.02. The molecule has 3 heteroatoms. The van der Waals surface area contributed by atoms with Gasteiger partial charge >= 0.3 is 0 Å². The highest BCUT2D eigenvalue weighted by Gasteiger charge is 2.06. The smallest absolute Gasteiger partial charge is 0.254 e.